The number of carbonyl (C=O) groups excluding carboxylic acids is 2. The molecule has 156 valence electrons. The molecular weight excluding hydrogens is 415 g/mol. The van der Waals surface area contributed by atoms with Crippen molar-refractivity contribution in [3.05, 3.63) is 58.1 Å². The minimum absolute atomic E-state index is 0.237. The monoisotopic (exact) mass is 438 g/mol. The molecule has 2 rings (SSSR count). The SMILES string of the molecule is CCNC(=O)C(C)N(Cc1ccc(OC)cc1)C(=O)COc1ccc(Cl)cc1Cl. The Balaban J connectivity index is 2.15. The number of halogens is 2. The summed E-state index contributed by atoms with van der Waals surface area (Å²) in [5.74, 6) is 0.480. The number of nitrogens with one attached hydrogen (secondary N) is 1. The highest BCUT2D eigenvalue weighted by atomic mass is 35.5. The smallest absolute Gasteiger partial charge is 0.261 e. The Morgan fingerprint density at radius 3 is 2.41 bits per heavy atom. The van der Waals surface area contributed by atoms with Crippen molar-refractivity contribution in [1.82, 2.24) is 10.2 Å². The van der Waals surface area contributed by atoms with E-state index >= 15 is 0 Å². The number of likely N-dealkylation sites (N-methyl/N-ethyl adjacent to an activating group) is 1. The predicted octanol–water partition coefficient (Wildman–Crippen LogP) is 3.93. The van der Waals surface area contributed by atoms with Crippen LogP contribution in [0.3, 0.4) is 0 Å². The van der Waals surface area contributed by atoms with Crippen molar-refractivity contribution < 1.29 is 19.1 Å². The molecule has 0 aliphatic carbocycles. The van der Waals surface area contributed by atoms with Gasteiger partial charge in [-0.05, 0) is 49.7 Å². The molecule has 0 fully saturated rings. The highest BCUT2D eigenvalue weighted by Crippen LogP contribution is 2.27. The molecule has 0 saturated carbocycles. The van der Waals surface area contributed by atoms with Crippen LogP contribution in [-0.2, 0) is 16.1 Å². The van der Waals surface area contributed by atoms with Crippen molar-refractivity contribution in [2.75, 3.05) is 20.3 Å². The molecule has 8 heteroatoms. The van der Waals surface area contributed by atoms with Gasteiger partial charge < -0.3 is 19.7 Å². The van der Waals surface area contributed by atoms with E-state index in [1.54, 1.807) is 38.3 Å². The number of hydrogen-bond donors (Lipinski definition) is 1. The Labute approximate surface area is 180 Å². The molecule has 0 radical (unpaired) electrons. The van der Waals surface area contributed by atoms with E-state index in [0.717, 1.165) is 5.56 Å². The Hall–Kier alpha value is -2.44. The summed E-state index contributed by atoms with van der Waals surface area (Å²) in [4.78, 5) is 26.7. The fourth-order valence-electron chi connectivity index (χ4n) is 2.65. The first-order valence-electron chi connectivity index (χ1n) is 9.13. The number of ether oxygens (including phenoxy) is 2. The Bertz CT molecular complexity index is 843. The van der Waals surface area contributed by atoms with Gasteiger partial charge in [-0.25, -0.2) is 0 Å². The lowest BCUT2D eigenvalue weighted by Crippen LogP contribution is -2.49. The van der Waals surface area contributed by atoms with Crippen molar-refractivity contribution in [3.63, 3.8) is 0 Å². The fraction of sp³-hybridized carbons (Fsp3) is 0.333. The van der Waals surface area contributed by atoms with E-state index in [1.165, 1.54) is 11.0 Å². The van der Waals surface area contributed by atoms with E-state index in [-0.39, 0.29) is 25.0 Å². The van der Waals surface area contributed by atoms with Gasteiger partial charge in [-0.1, -0.05) is 35.3 Å². The van der Waals surface area contributed by atoms with Crippen molar-refractivity contribution in [2.24, 2.45) is 0 Å². The summed E-state index contributed by atoms with van der Waals surface area (Å²) < 4.78 is 10.7. The third kappa shape index (κ3) is 6.54. The topological polar surface area (TPSA) is 67.9 Å². The van der Waals surface area contributed by atoms with Gasteiger partial charge in [0.15, 0.2) is 6.61 Å². The van der Waals surface area contributed by atoms with Crippen molar-refractivity contribution in [2.45, 2.75) is 26.4 Å². The Kier molecular flexibility index (Phi) is 8.61. The third-order valence-corrected chi connectivity index (χ3v) is 4.81. The minimum Gasteiger partial charge on any atom is -0.497 e. The van der Waals surface area contributed by atoms with Gasteiger partial charge in [-0.3, -0.25) is 9.59 Å². The van der Waals surface area contributed by atoms with Gasteiger partial charge in [0.2, 0.25) is 5.91 Å². The minimum atomic E-state index is -0.672. The van der Waals surface area contributed by atoms with Gasteiger partial charge in [0.05, 0.1) is 12.1 Å². The Morgan fingerprint density at radius 1 is 1.14 bits per heavy atom. The molecule has 0 saturated heterocycles. The van der Waals surface area contributed by atoms with E-state index < -0.39 is 6.04 Å². The highest BCUT2D eigenvalue weighted by molar-refractivity contribution is 6.35. The molecular formula is C21H24Cl2N2O4. The lowest BCUT2D eigenvalue weighted by molar-refractivity contribution is -0.142. The molecule has 1 N–H and O–H groups in total. The van der Waals surface area contributed by atoms with E-state index in [1.807, 2.05) is 19.1 Å². The van der Waals surface area contributed by atoms with Gasteiger partial charge in [-0.2, -0.15) is 0 Å². The summed E-state index contributed by atoms with van der Waals surface area (Å²) in [6.07, 6.45) is 0. The van der Waals surface area contributed by atoms with Crippen LogP contribution in [0.5, 0.6) is 11.5 Å². The van der Waals surface area contributed by atoms with Crippen LogP contribution >= 0.6 is 23.2 Å². The molecule has 0 aliphatic heterocycles. The first kappa shape index (κ1) is 22.8. The fourth-order valence-corrected chi connectivity index (χ4v) is 3.11. The van der Waals surface area contributed by atoms with Crippen LogP contribution in [0.4, 0.5) is 0 Å². The first-order chi connectivity index (χ1) is 13.8. The second kappa shape index (κ2) is 10.9. The second-order valence-electron chi connectivity index (χ2n) is 6.30. The van der Waals surface area contributed by atoms with Crippen LogP contribution in [-0.4, -0.2) is 43.0 Å². The average Bonchev–Trinajstić information content (AvgIpc) is 2.71. The number of carbonyl (C=O) groups is 2. The lowest BCUT2D eigenvalue weighted by atomic mass is 10.1. The zero-order chi connectivity index (χ0) is 21.4. The van der Waals surface area contributed by atoms with E-state index in [2.05, 4.69) is 5.32 Å². The van der Waals surface area contributed by atoms with Gasteiger partial charge in [0.1, 0.15) is 17.5 Å². The zero-order valence-corrected chi connectivity index (χ0v) is 18.1. The quantitative estimate of drug-likeness (QED) is 0.643. The van der Waals surface area contributed by atoms with Crippen LogP contribution in [0.1, 0.15) is 19.4 Å². The van der Waals surface area contributed by atoms with E-state index in [0.29, 0.717) is 28.1 Å². The molecule has 2 aromatic rings. The molecule has 0 bridgehead atoms. The summed E-state index contributed by atoms with van der Waals surface area (Å²) in [5.41, 5.74) is 0.861. The third-order valence-electron chi connectivity index (χ3n) is 4.28. The van der Waals surface area contributed by atoms with Crippen molar-refractivity contribution in [3.8, 4) is 11.5 Å². The van der Waals surface area contributed by atoms with E-state index in [4.69, 9.17) is 32.7 Å². The van der Waals surface area contributed by atoms with Crippen LogP contribution in [0.25, 0.3) is 0 Å². The van der Waals surface area contributed by atoms with Gasteiger partial charge in [-0.15, -0.1) is 0 Å². The average molecular weight is 439 g/mol. The summed E-state index contributed by atoms with van der Waals surface area (Å²) >= 11 is 12.0. The summed E-state index contributed by atoms with van der Waals surface area (Å²) in [6, 6.07) is 11.4. The van der Waals surface area contributed by atoms with Gasteiger partial charge >= 0.3 is 0 Å². The number of nitrogens with zero attached hydrogens (tertiary/aromatic N) is 1. The number of benzene rings is 2. The van der Waals surface area contributed by atoms with Crippen LogP contribution < -0.4 is 14.8 Å². The second-order valence-corrected chi connectivity index (χ2v) is 7.15. The molecule has 2 amide bonds. The Morgan fingerprint density at radius 2 is 1.83 bits per heavy atom. The molecule has 6 nitrogen and oxygen atoms in total. The maximum atomic E-state index is 12.9. The largest absolute Gasteiger partial charge is 0.497 e. The standard InChI is InChI=1S/C21H24Cl2N2O4/c1-4-24-21(27)14(2)25(12-15-5-8-17(28-3)9-6-15)20(26)13-29-19-10-7-16(22)11-18(19)23/h5-11,14H,4,12-13H2,1-3H3,(H,24,27). The summed E-state index contributed by atoms with van der Waals surface area (Å²) in [7, 11) is 1.58. The molecule has 0 heterocycles. The van der Waals surface area contributed by atoms with Gasteiger partial charge in [0, 0.05) is 18.1 Å². The number of methoxy groups -OCH3 is 1. The summed E-state index contributed by atoms with van der Waals surface area (Å²) in [6.45, 7) is 3.97. The van der Waals surface area contributed by atoms with Crippen molar-refractivity contribution in [1.29, 1.82) is 0 Å². The maximum Gasteiger partial charge on any atom is 0.261 e. The molecule has 0 aliphatic rings. The molecule has 0 spiro atoms. The molecule has 1 unspecified atom stereocenters. The van der Waals surface area contributed by atoms with E-state index in [9.17, 15) is 9.59 Å². The number of rotatable bonds is 9. The zero-order valence-electron chi connectivity index (χ0n) is 16.6. The van der Waals surface area contributed by atoms with Gasteiger partial charge in [0.25, 0.3) is 5.91 Å². The van der Waals surface area contributed by atoms with Crippen LogP contribution in [0, 0.1) is 0 Å². The molecule has 29 heavy (non-hydrogen) atoms. The van der Waals surface area contributed by atoms with Crippen LogP contribution in [0.15, 0.2) is 42.5 Å². The van der Waals surface area contributed by atoms with Crippen molar-refractivity contribution >= 4 is 35.0 Å². The molecule has 1 atom stereocenters. The van der Waals surface area contributed by atoms with Crippen LogP contribution in [0.2, 0.25) is 10.0 Å². The summed E-state index contributed by atoms with van der Waals surface area (Å²) in [5, 5.41) is 3.53. The maximum absolute atomic E-state index is 12.9. The highest BCUT2D eigenvalue weighted by Gasteiger charge is 2.26. The number of hydrogen-bond acceptors (Lipinski definition) is 4. The first-order valence-corrected chi connectivity index (χ1v) is 9.89. The number of amides is 2. The normalized spacial score (nSPS) is 11.5. The molecule has 2 aromatic carbocycles. The molecule has 0 aromatic heterocycles. The predicted molar refractivity (Wildman–Crippen MR) is 114 cm³/mol. The lowest BCUT2D eigenvalue weighted by Gasteiger charge is -2.28.